The number of ether oxygens (including phenoxy) is 3. The smallest absolute Gasteiger partial charge is 0.409 e. The number of carbonyl (C=O) groups excluding carboxylic acids is 1. The highest BCUT2D eigenvalue weighted by atomic mass is 16.5. The van der Waals surface area contributed by atoms with Crippen LogP contribution in [0, 0.1) is 0 Å². The third-order valence-electron chi connectivity index (χ3n) is 3.03. The van der Waals surface area contributed by atoms with Crippen molar-refractivity contribution in [1.29, 1.82) is 0 Å². The summed E-state index contributed by atoms with van der Waals surface area (Å²) in [6.45, 7) is 1.97. The van der Waals surface area contributed by atoms with Crippen molar-refractivity contribution in [3.63, 3.8) is 0 Å². The van der Waals surface area contributed by atoms with Crippen molar-refractivity contribution in [2.75, 3.05) is 33.9 Å². The van der Waals surface area contributed by atoms with Crippen LogP contribution in [0.1, 0.15) is 12.0 Å². The van der Waals surface area contributed by atoms with Crippen LogP contribution in [0.4, 0.5) is 4.79 Å². The van der Waals surface area contributed by atoms with Crippen molar-refractivity contribution in [2.45, 2.75) is 12.8 Å². The number of carbonyl (C=O) groups is 1. The molecule has 0 radical (unpaired) electrons. The molecule has 0 atom stereocenters. The Kier molecular flexibility index (Phi) is 4.49. The predicted molar refractivity (Wildman–Crippen MR) is 70.8 cm³/mol. The minimum atomic E-state index is -0.325. The Morgan fingerprint density at radius 1 is 1.32 bits per heavy atom. The van der Waals surface area contributed by atoms with Gasteiger partial charge in [-0.2, -0.15) is 0 Å². The van der Waals surface area contributed by atoms with E-state index in [9.17, 15) is 4.79 Å². The van der Waals surface area contributed by atoms with Gasteiger partial charge in [-0.25, -0.2) is 4.79 Å². The predicted octanol–water partition coefficient (Wildman–Crippen LogP) is 2.09. The van der Waals surface area contributed by atoms with Gasteiger partial charge in [0.25, 0.3) is 0 Å². The average molecular weight is 265 g/mol. The lowest BCUT2D eigenvalue weighted by molar-refractivity contribution is 0.134. The quantitative estimate of drug-likeness (QED) is 0.839. The highest BCUT2D eigenvalue weighted by Gasteiger charge is 2.12. The standard InChI is InChI=1S/C14H19NO4/c1-15(14(16)17-2)7-6-11-4-5-12-13(10-11)19-9-3-8-18-12/h4-5,10H,3,6-9H2,1-2H3. The normalized spacial score (nSPS) is 13.6. The molecule has 0 aromatic heterocycles. The van der Waals surface area contributed by atoms with E-state index in [1.165, 1.54) is 7.11 Å². The summed E-state index contributed by atoms with van der Waals surface area (Å²) in [5, 5.41) is 0. The van der Waals surface area contributed by atoms with Crippen LogP contribution in [0.15, 0.2) is 18.2 Å². The molecule has 1 aliphatic heterocycles. The van der Waals surface area contributed by atoms with Crippen molar-refractivity contribution >= 4 is 6.09 Å². The summed E-state index contributed by atoms with van der Waals surface area (Å²) in [5.74, 6) is 1.58. The first-order chi connectivity index (χ1) is 9.20. The van der Waals surface area contributed by atoms with Gasteiger partial charge in [0.15, 0.2) is 11.5 Å². The number of hydrogen-bond acceptors (Lipinski definition) is 4. The second-order valence-corrected chi connectivity index (χ2v) is 4.47. The molecule has 2 rings (SSSR count). The lowest BCUT2D eigenvalue weighted by atomic mass is 10.1. The van der Waals surface area contributed by atoms with E-state index in [-0.39, 0.29) is 6.09 Å². The fraction of sp³-hybridized carbons (Fsp3) is 0.500. The molecule has 0 saturated carbocycles. The topological polar surface area (TPSA) is 48.0 Å². The first-order valence-electron chi connectivity index (χ1n) is 6.38. The fourth-order valence-electron chi connectivity index (χ4n) is 1.91. The lowest BCUT2D eigenvalue weighted by Gasteiger charge is -2.15. The molecule has 5 nitrogen and oxygen atoms in total. The number of hydrogen-bond donors (Lipinski definition) is 0. The molecule has 1 aromatic rings. The summed E-state index contributed by atoms with van der Waals surface area (Å²) in [6, 6.07) is 5.90. The Morgan fingerprint density at radius 2 is 2.05 bits per heavy atom. The summed E-state index contributed by atoms with van der Waals surface area (Å²) in [5.41, 5.74) is 1.11. The molecular weight excluding hydrogens is 246 g/mol. The highest BCUT2D eigenvalue weighted by Crippen LogP contribution is 2.30. The van der Waals surface area contributed by atoms with Gasteiger partial charge in [0.1, 0.15) is 0 Å². The highest BCUT2D eigenvalue weighted by molar-refractivity contribution is 5.66. The first-order valence-corrected chi connectivity index (χ1v) is 6.38. The van der Waals surface area contributed by atoms with Gasteiger partial charge in [0.2, 0.25) is 0 Å². The SMILES string of the molecule is COC(=O)N(C)CCc1ccc2c(c1)OCCCO2. The van der Waals surface area contributed by atoms with Gasteiger partial charge in [-0.05, 0) is 24.1 Å². The summed E-state index contributed by atoms with van der Waals surface area (Å²) in [7, 11) is 3.10. The molecule has 0 saturated heterocycles. The molecule has 104 valence electrons. The molecule has 0 unspecified atom stereocenters. The third kappa shape index (κ3) is 3.53. The fourth-order valence-corrected chi connectivity index (χ4v) is 1.91. The van der Waals surface area contributed by atoms with Crippen molar-refractivity contribution in [3.8, 4) is 11.5 Å². The molecule has 1 heterocycles. The minimum absolute atomic E-state index is 0.325. The van der Waals surface area contributed by atoms with E-state index in [0.29, 0.717) is 19.8 Å². The van der Waals surface area contributed by atoms with Crippen molar-refractivity contribution in [2.24, 2.45) is 0 Å². The van der Waals surface area contributed by atoms with Gasteiger partial charge in [0, 0.05) is 20.0 Å². The number of nitrogens with zero attached hydrogens (tertiary/aromatic N) is 1. The lowest BCUT2D eigenvalue weighted by Crippen LogP contribution is -2.28. The van der Waals surface area contributed by atoms with Crippen LogP contribution in [0.3, 0.4) is 0 Å². The van der Waals surface area contributed by atoms with Crippen LogP contribution in [0.5, 0.6) is 11.5 Å². The number of amides is 1. The van der Waals surface area contributed by atoms with Crippen molar-refractivity contribution in [1.82, 2.24) is 4.90 Å². The molecule has 0 fully saturated rings. The Morgan fingerprint density at radius 3 is 2.79 bits per heavy atom. The van der Waals surface area contributed by atoms with E-state index < -0.39 is 0 Å². The van der Waals surface area contributed by atoms with E-state index in [0.717, 1.165) is 29.9 Å². The van der Waals surface area contributed by atoms with Crippen LogP contribution >= 0.6 is 0 Å². The van der Waals surface area contributed by atoms with Crippen molar-refractivity contribution in [3.05, 3.63) is 23.8 Å². The number of fused-ring (bicyclic) bond motifs is 1. The van der Waals surface area contributed by atoms with Gasteiger partial charge in [-0.15, -0.1) is 0 Å². The van der Waals surface area contributed by atoms with E-state index in [1.54, 1.807) is 11.9 Å². The summed E-state index contributed by atoms with van der Waals surface area (Å²) in [4.78, 5) is 12.8. The van der Waals surface area contributed by atoms with E-state index in [4.69, 9.17) is 9.47 Å². The number of benzene rings is 1. The van der Waals surface area contributed by atoms with Crippen LogP contribution < -0.4 is 9.47 Å². The zero-order chi connectivity index (χ0) is 13.7. The Balaban J connectivity index is 1.98. The Bertz CT molecular complexity index is 447. The van der Waals surface area contributed by atoms with Crippen LogP contribution in [-0.2, 0) is 11.2 Å². The van der Waals surface area contributed by atoms with Crippen LogP contribution in [0.25, 0.3) is 0 Å². The maximum Gasteiger partial charge on any atom is 0.409 e. The summed E-state index contributed by atoms with van der Waals surface area (Å²) >= 11 is 0. The maximum absolute atomic E-state index is 11.3. The van der Waals surface area contributed by atoms with Gasteiger partial charge in [-0.3, -0.25) is 0 Å². The molecule has 5 heteroatoms. The molecule has 0 spiro atoms. The Hall–Kier alpha value is -1.91. The number of methoxy groups -OCH3 is 1. The second-order valence-electron chi connectivity index (χ2n) is 4.47. The maximum atomic E-state index is 11.3. The largest absolute Gasteiger partial charge is 0.490 e. The minimum Gasteiger partial charge on any atom is -0.490 e. The molecule has 0 N–H and O–H groups in total. The number of likely N-dealkylation sites (N-methyl/N-ethyl adjacent to an activating group) is 1. The second kappa shape index (κ2) is 6.31. The molecule has 0 aliphatic carbocycles. The van der Waals surface area contributed by atoms with Gasteiger partial charge in [0.05, 0.1) is 20.3 Å². The van der Waals surface area contributed by atoms with Gasteiger partial charge >= 0.3 is 6.09 Å². The molecule has 1 aromatic carbocycles. The third-order valence-corrected chi connectivity index (χ3v) is 3.03. The Labute approximate surface area is 113 Å². The molecule has 0 bridgehead atoms. The average Bonchev–Trinajstić information content (AvgIpc) is 2.68. The zero-order valence-electron chi connectivity index (χ0n) is 11.3. The van der Waals surface area contributed by atoms with Gasteiger partial charge < -0.3 is 19.1 Å². The molecular formula is C14H19NO4. The van der Waals surface area contributed by atoms with E-state index >= 15 is 0 Å². The monoisotopic (exact) mass is 265 g/mol. The van der Waals surface area contributed by atoms with Crippen LogP contribution in [-0.4, -0.2) is 44.9 Å². The van der Waals surface area contributed by atoms with E-state index in [1.807, 2.05) is 18.2 Å². The first kappa shape index (κ1) is 13.5. The van der Waals surface area contributed by atoms with Crippen LogP contribution in [0.2, 0.25) is 0 Å². The van der Waals surface area contributed by atoms with E-state index in [2.05, 4.69) is 4.74 Å². The molecule has 19 heavy (non-hydrogen) atoms. The molecule has 1 aliphatic rings. The summed E-state index contributed by atoms with van der Waals surface area (Å²) in [6.07, 6.45) is 1.33. The summed E-state index contributed by atoms with van der Waals surface area (Å²) < 4.78 is 15.9. The van der Waals surface area contributed by atoms with Crippen molar-refractivity contribution < 1.29 is 19.0 Å². The number of rotatable bonds is 3. The van der Waals surface area contributed by atoms with Gasteiger partial charge in [-0.1, -0.05) is 6.07 Å². The molecule has 1 amide bonds. The zero-order valence-corrected chi connectivity index (χ0v) is 11.3.